The molecule has 0 saturated carbocycles. The zero-order chi connectivity index (χ0) is 27.7. The molecule has 6 atom stereocenters. The number of sulfonamides is 1. The Kier molecular flexibility index (Phi) is 7.87. The van der Waals surface area contributed by atoms with Crippen molar-refractivity contribution in [3.05, 3.63) is 69.8 Å². The number of ether oxygens (including phenoxy) is 3. The molecule has 0 aromatic heterocycles. The molecule has 1 amide bonds. The van der Waals surface area contributed by atoms with Crippen LogP contribution < -0.4 is 11.1 Å². The van der Waals surface area contributed by atoms with Crippen molar-refractivity contribution >= 4 is 21.8 Å². The van der Waals surface area contributed by atoms with E-state index in [4.69, 9.17) is 19.9 Å². The fourth-order valence-corrected chi connectivity index (χ4v) is 7.36. The highest BCUT2D eigenvalue weighted by atomic mass is 32.2. The van der Waals surface area contributed by atoms with Crippen molar-refractivity contribution in [2.24, 2.45) is 11.7 Å². The van der Waals surface area contributed by atoms with E-state index >= 15 is 0 Å². The van der Waals surface area contributed by atoms with E-state index in [2.05, 4.69) is 5.32 Å². The number of nitro benzene ring substituents is 1. The SMILES string of the molecule is CC1CN(C[C@@H](N)[C@H](Cc2ccccc2)NC(=O)O[C@H]2CO[C@H]3OCC[C@H]32)S(=O)(=O)c2ccc([N+](=O)[O-])cc21. The Morgan fingerprint density at radius 2 is 2.03 bits per heavy atom. The van der Waals surface area contributed by atoms with Gasteiger partial charge in [-0.1, -0.05) is 37.3 Å². The molecular weight excluding hydrogens is 528 g/mol. The standard InChI is InChI=1S/C26H32N4O8S/c1-16-13-29(39(34,35)24-8-7-18(30(32)33)12-20(16)24)14-21(27)22(11-17-5-3-2-4-6-17)28-26(31)38-23-15-37-25-19(23)9-10-36-25/h2-8,12,16,19,21-23,25H,9-11,13-15,27H2,1H3,(H,28,31)/t16?,19-,21+,22-,23-,25+/m0/s1. The van der Waals surface area contributed by atoms with Gasteiger partial charge in [-0.2, -0.15) is 4.31 Å². The molecule has 0 spiro atoms. The van der Waals surface area contributed by atoms with Crippen molar-refractivity contribution < 1.29 is 32.3 Å². The monoisotopic (exact) mass is 560 g/mol. The topological polar surface area (TPSA) is 163 Å². The molecule has 2 aromatic rings. The number of hydrogen-bond acceptors (Lipinski definition) is 9. The van der Waals surface area contributed by atoms with Crippen molar-refractivity contribution in [3.63, 3.8) is 0 Å². The minimum atomic E-state index is -3.96. The molecule has 210 valence electrons. The predicted molar refractivity (Wildman–Crippen MR) is 139 cm³/mol. The Morgan fingerprint density at radius 3 is 2.77 bits per heavy atom. The average molecular weight is 561 g/mol. The summed E-state index contributed by atoms with van der Waals surface area (Å²) in [7, 11) is -3.96. The van der Waals surface area contributed by atoms with Crippen LogP contribution in [0.5, 0.6) is 0 Å². The highest BCUT2D eigenvalue weighted by Gasteiger charge is 2.44. The second-order valence-electron chi connectivity index (χ2n) is 10.3. The molecule has 3 N–H and O–H groups in total. The molecule has 0 radical (unpaired) electrons. The van der Waals surface area contributed by atoms with E-state index in [1.54, 1.807) is 0 Å². The number of amides is 1. The van der Waals surface area contributed by atoms with E-state index in [9.17, 15) is 23.3 Å². The number of nitrogens with two attached hydrogens (primary N) is 1. The van der Waals surface area contributed by atoms with Crippen LogP contribution >= 0.6 is 0 Å². The van der Waals surface area contributed by atoms with E-state index in [1.807, 2.05) is 37.3 Å². The summed E-state index contributed by atoms with van der Waals surface area (Å²) in [5, 5.41) is 14.1. The van der Waals surface area contributed by atoms with Crippen molar-refractivity contribution in [2.45, 2.75) is 55.1 Å². The Balaban J connectivity index is 1.32. The second-order valence-corrected chi connectivity index (χ2v) is 12.2. The maximum atomic E-state index is 13.5. The largest absolute Gasteiger partial charge is 0.443 e. The van der Waals surface area contributed by atoms with E-state index in [1.165, 1.54) is 22.5 Å². The van der Waals surface area contributed by atoms with Crippen molar-refractivity contribution in [1.82, 2.24) is 9.62 Å². The zero-order valence-electron chi connectivity index (χ0n) is 21.5. The van der Waals surface area contributed by atoms with Crippen LogP contribution in [0.2, 0.25) is 0 Å². The smallest absolute Gasteiger partial charge is 0.407 e. The molecule has 13 heteroatoms. The molecule has 2 saturated heterocycles. The van der Waals surface area contributed by atoms with Gasteiger partial charge in [0.05, 0.1) is 35.0 Å². The Labute approximate surface area is 226 Å². The molecule has 0 aliphatic carbocycles. The van der Waals surface area contributed by atoms with Gasteiger partial charge >= 0.3 is 6.09 Å². The van der Waals surface area contributed by atoms with Crippen LogP contribution in [0.1, 0.15) is 30.4 Å². The van der Waals surface area contributed by atoms with Crippen molar-refractivity contribution in [1.29, 1.82) is 0 Å². The summed E-state index contributed by atoms with van der Waals surface area (Å²) >= 11 is 0. The number of rotatable bonds is 8. The fraction of sp³-hybridized carbons (Fsp3) is 0.500. The second kappa shape index (κ2) is 11.2. The number of nitrogens with zero attached hydrogens (tertiary/aromatic N) is 2. The van der Waals surface area contributed by atoms with Crippen LogP contribution in [0, 0.1) is 16.0 Å². The number of nitro groups is 1. The third-order valence-electron chi connectivity index (χ3n) is 7.61. The lowest BCUT2D eigenvalue weighted by molar-refractivity contribution is -0.385. The quantitative estimate of drug-likeness (QED) is 0.364. The van der Waals surface area contributed by atoms with Crippen LogP contribution in [0.4, 0.5) is 10.5 Å². The molecule has 2 aromatic carbocycles. The number of carbonyl (C=O) groups excluding carboxylic acids is 1. The lowest BCUT2D eigenvalue weighted by Gasteiger charge is -2.35. The van der Waals surface area contributed by atoms with Crippen LogP contribution in [-0.4, -0.2) is 74.5 Å². The summed E-state index contributed by atoms with van der Waals surface area (Å²) < 4.78 is 44.9. The van der Waals surface area contributed by atoms with Gasteiger partial charge in [0.2, 0.25) is 10.0 Å². The summed E-state index contributed by atoms with van der Waals surface area (Å²) in [6.07, 6.45) is -0.346. The Bertz CT molecular complexity index is 1320. The number of fused-ring (bicyclic) bond motifs is 2. The number of carbonyl (C=O) groups is 1. The fourth-order valence-electron chi connectivity index (χ4n) is 5.49. The van der Waals surface area contributed by atoms with Crippen LogP contribution in [0.15, 0.2) is 53.4 Å². The molecule has 3 aliphatic heterocycles. The van der Waals surface area contributed by atoms with E-state index in [-0.39, 0.29) is 48.4 Å². The van der Waals surface area contributed by atoms with Gasteiger partial charge in [-0.15, -0.1) is 0 Å². The summed E-state index contributed by atoms with van der Waals surface area (Å²) in [5.41, 5.74) is 7.74. The molecule has 5 rings (SSSR count). The number of alkyl carbamates (subject to hydrolysis) is 1. The molecule has 39 heavy (non-hydrogen) atoms. The lowest BCUT2D eigenvalue weighted by atomic mass is 9.98. The zero-order valence-corrected chi connectivity index (χ0v) is 22.3. The summed E-state index contributed by atoms with van der Waals surface area (Å²) in [6, 6.07) is 11.8. The van der Waals surface area contributed by atoms with Crippen molar-refractivity contribution in [3.8, 4) is 0 Å². The third kappa shape index (κ3) is 5.77. The number of nitrogens with one attached hydrogen (secondary N) is 1. The van der Waals surface area contributed by atoms with Crippen LogP contribution in [-0.2, 0) is 30.7 Å². The molecular formula is C26H32N4O8S. The summed E-state index contributed by atoms with van der Waals surface area (Å²) in [4.78, 5) is 23.6. The number of non-ortho nitro benzene ring substituents is 1. The molecule has 12 nitrogen and oxygen atoms in total. The maximum absolute atomic E-state index is 13.5. The highest BCUT2D eigenvalue weighted by molar-refractivity contribution is 7.89. The normalized spacial score (nSPS) is 27.2. The first kappa shape index (κ1) is 27.5. The molecule has 2 fully saturated rings. The van der Waals surface area contributed by atoms with Gasteiger partial charge in [0.25, 0.3) is 5.69 Å². The minimum Gasteiger partial charge on any atom is -0.443 e. The van der Waals surface area contributed by atoms with Gasteiger partial charge in [0, 0.05) is 31.3 Å². The van der Waals surface area contributed by atoms with Crippen molar-refractivity contribution in [2.75, 3.05) is 26.3 Å². The summed E-state index contributed by atoms with van der Waals surface area (Å²) in [6.45, 7) is 2.66. The first-order valence-corrected chi connectivity index (χ1v) is 14.4. The van der Waals surface area contributed by atoms with Gasteiger partial charge in [0.15, 0.2) is 6.29 Å². The maximum Gasteiger partial charge on any atom is 0.407 e. The summed E-state index contributed by atoms with van der Waals surface area (Å²) in [5.74, 6) is -0.307. The first-order chi connectivity index (χ1) is 18.6. The number of hydrogen-bond donors (Lipinski definition) is 2. The van der Waals surface area contributed by atoms with Gasteiger partial charge < -0.3 is 25.3 Å². The Morgan fingerprint density at radius 1 is 1.26 bits per heavy atom. The van der Waals surface area contributed by atoms with Gasteiger partial charge in [0.1, 0.15) is 6.10 Å². The minimum absolute atomic E-state index is 0.0205. The van der Waals surface area contributed by atoms with E-state index in [0.717, 1.165) is 12.0 Å². The van der Waals surface area contributed by atoms with E-state index in [0.29, 0.717) is 18.6 Å². The predicted octanol–water partition coefficient (Wildman–Crippen LogP) is 2.13. The highest BCUT2D eigenvalue weighted by Crippen LogP contribution is 2.36. The average Bonchev–Trinajstić information content (AvgIpc) is 3.52. The van der Waals surface area contributed by atoms with Gasteiger partial charge in [-0.25, -0.2) is 13.2 Å². The molecule has 1 unspecified atom stereocenters. The lowest BCUT2D eigenvalue weighted by Crippen LogP contribution is -2.56. The van der Waals surface area contributed by atoms with E-state index < -0.39 is 39.2 Å². The molecule has 3 heterocycles. The van der Waals surface area contributed by atoms with Crippen LogP contribution in [0.25, 0.3) is 0 Å². The molecule has 0 bridgehead atoms. The first-order valence-electron chi connectivity index (χ1n) is 12.9. The molecule has 3 aliphatic rings. The number of benzene rings is 2. The van der Waals surface area contributed by atoms with Gasteiger partial charge in [-0.3, -0.25) is 10.1 Å². The Hall–Kier alpha value is -3.10. The third-order valence-corrected chi connectivity index (χ3v) is 9.51. The van der Waals surface area contributed by atoms with Gasteiger partial charge in [-0.05, 0) is 36.0 Å². The van der Waals surface area contributed by atoms with Crippen LogP contribution in [0.3, 0.4) is 0 Å².